The largest absolute Gasteiger partial charge is 0.488 e. The highest BCUT2D eigenvalue weighted by molar-refractivity contribution is 7.11. The van der Waals surface area contributed by atoms with Gasteiger partial charge in [-0.25, -0.2) is 4.98 Å². The second kappa shape index (κ2) is 6.68. The third kappa shape index (κ3) is 4.33. The van der Waals surface area contributed by atoms with Gasteiger partial charge >= 0.3 is 0 Å². The molecule has 0 radical (unpaired) electrons. The molecule has 1 unspecified atom stereocenters. The Morgan fingerprint density at radius 1 is 1.42 bits per heavy atom. The lowest BCUT2D eigenvalue weighted by atomic mass is 10.0. The summed E-state index contributed by atoms with van der Waals surface area (Å²) in [4.78, 5) is 5.37. The molecule has 1 atom stereocenters. The fourth-order valence-electron chi connectivity index (χ4n) is 1.84. The van der Waals surface area contributed by atoms with Gasteiger partial charge in [0.05, 0.1) is 9.88 Å². The molecule has 19 heavy (non-hydrogen) atoms. The Hall–Kier alpha value is -1.39. The van der Waals surface area contributed by atoms with Gasteiger partial charge in [-0.05, 0) is 37.5 Å². The van der Waals surface area contributed by atoms with E-state index in [1.807, 2.05) is 25.3 Å². The lowest BCUT2D eigenvalue weighted by molar-refractivity contribution is 0.309. The second-order valence-corrected chi connectivity index (χ2v) is 5.97. The van der Waals surface area contributed by atoms with Crippen LogP contribution in [0.3, 0.4) is 0 Å². The molecule has 102 valence electrons. The molecule has 1 aromatic carbocycles. The number of ether oxygens (including phenoxy) is 1. The average molecular weight is 276 g/mol. The monoisotopic (exact) mass is 276 g/mol. The van der Waals surface area contributed by atoms with E-state index >= 15 is 0 Å². The molecule has 0 spiro atoms. The van der Waals surface area contributed by atoms with Crippen molar-refractivity contribution in [2.75, 3.05) is 0 Å². The highest BCUT2D eigenvalue weighted by Crippen LogP contribution is 2.18. The Balaban J connectivity index is 1.95. The van der Waals surface area contributed by atoms with Crippen LogP contribution in [0.5, 0.6) is 5.75 Å². The smallest absolute Gasteiger partial charge is 0.124 e. The highest BCUT2D eigenvalue weighted by Gasteiger charge is 2.04. The van der Waals surface area contributed by atoms with Crippen LogP contribution in [0, 0.1) is 6.92 Å². The van der Waals surface area contributed by atoms with E-state index < -0.39 is 0 Å². The van der Waals surface area contributed by atoms with Crippen molar-refractivity contribution in [3.05, 3.63) is 45.9 Å². The number of hydrogen-bond donors (Lipinski definition) is 1. The molecule has 0 fully saturated rings. The maximum Gasteiger partial charge on any atom is 0.124 e. The maximum atomic E-state index is 5.98. The average Bonchev–Trinajstić information content (AvgIpc) is 2.82. The Bertz CT molecular complexity index is 524. The van der Waals surface area contributed by atoms with Crippen molar-refractivity contribution in [3.8, 4) is 5.75 Å². The molecule has 3 nitrogen and oxygen atoms in total. The first-order valence-electron chi connectivity index (χ1n) is 6.56. The molecular formula is C15H20N2OS. The van der Waals surface area contributed by atoms with Crippen molar-refractivity contribution >= 4 is 11.3 Å². The summed E-state index contributed by atoms with van der Waals surface area (Å²) in [5.74, 6) is 0.895. The molecule has 0 bridgehead atoms. The zero-order valence-electron chi connectivity index (χ0n) is 11.4. The lowest BCUT2D eigenvalue weighted by Crippen LogP contribution is -2.21. The summed E-state index contributed by atoms with van der Waals surface area (Å²) in [6.45, 7) is 4.69. The maximum absolute atomic E-state index is 5.98. The summed E-state index contributed by atoms with van der Waals surface area (Å²) < 4.78 is 5.79. The Labute approximate surface area is 118 Å². The standard InChI is InChI=1S/C15H20N2OS/c1-3-13(16)7-12-5-4-6-14(8-12)18-10-15-9-17-11(2)19-15/h4-6,8-9,13H,3,7,10,16H2,1-2H3. The summed E-state index contributed by atoms with van der Waals surface area (Å²) in [7, 11) is 0. The van der Waals surface area contributed by atoms with Crippen molar-refractivity contribution in [2.24, 2.45) is 5.73 Å². The molecule has 0 aliphatic rings. The number of benzene rings is 1. The first kappa shape index (κ1) is 14.0. The summed E-state index contributed by atoms with van der Waals surface area (Å²) in [5.41, 5.74) is 7.20. The third-order valence-electron chi connectivity index (χ3n) is 2.97. The highest BCUT2D eigenvalue weighted by atomic mass is 32.1. The molecule has 1 heterocycles. The summed E-state index contributed by atoms with van der Waals surface area (Å²) in [6, 6.07) is 8.39. The minimum absolute atomic E-state index is 0.222. The topological polar surface area (TPSA) is 48.1 Å². The van der Waals surface area contributed by atoms with Gasteiger partial charge in [-0.15, -0.1) is 11.3 Å². The van der Waals surface area contributed by atoms with Gasteiger partial charge in [-0.3, -0.25) is 0 Å². The molecule has 4 heteroatoms. The fraction of sp³-hybridized carbons (Fsp3) is 0.400. The summed E-state index contributed by atoms with van der Waals surface area (Å²) in [6.07, 6.45) is 3.76. The minimum Gasteiger partial charge on any atom is -0.488 e. The van der Waals surface area contributed by atoms with E-state index in [0.29, 0.717) is 6.61 Å². The van der Waals surface area contributed by atoms with E-state index in [2.05, 4.69) is 24.0 Å². The number of rotatable bonds is 6. The van der Waals surface area contributed by atoms with Gasteiger partial charge in [0.15, 0.2) is 0 Å². The van der Waals surface area contributed by atoms with Gasteiger partial charge in [0.1, 0.15) is 12.4 Å². The number of aromatic nitrogens is 1. The quantitative estimate of drug-likeness (QED) is 0.880. The van der Waals surface area contributed by atoms with E-state index in [0.717, 1.165) is 28.5 Å². The van der Waals surface area contributed by atoms with Gasteiger partial charge in [0.2, 0.25) is 0 Å². The normalized spacial score (nSPS) is 12.4. The molecule has 2 aromatic rings. The van der Waals surface area contributed by atoms with E-state index in [1.165, 1.54) is 5.56 Å². The molecule has 0 amide bonds. The fourth-order valence-corrected chi connectivity index (χ4v) is 2.54. The molecule has 0 aliphatic heterocycles. The van der Waals surface area contributed by atoms with E-state index in [4.69, 9.17) is 10.5 Å². The molecule has 1 aromatic heterocycles. The van der Waals surface area contributed by atoms with Gasteiger partial charge in [-0.1, -0.05) is 19.1 Å². The van der Waals surface area contributed by atoms with Crippen LogP contribution in [0.1, 0.15) is 28.8 Å². The Morgan fingerprint density at radius 2 is 2.26 bits per heavy atom. The van der Waals surface area contributed by atoms with Crippen molar-refractivity contribution in [1.82, 2.24) is 4.98 Å². The summed E-state index contributed by atoms with van der Waals surface area (Å²) in [5, 5.41) is 1.07. The predicted octanol–water partition coefficient (Wildman–Crippen LogP) is 3.31. The SMILES string of the molecule is CCC(N)Cc1cccc(OCc2cnc(C)s2)c1. The zero-order chi connectivity index (χ0) is 13.7. The number of nitrogens with two attached hydrogens (primary N) is 1. The van der Waals surface area contributed by atoms with Crippen LogP contribution < -0.4 is 10.5 Å². The number of thiazole rings is 1. The van der Waals surface area contributed by atoms with Gasteiger partial charge in [0.25, 0.3) is 0 Å². The van der Waals surface area contributed by atoms with Crippen LogP contribution in [-0.4, -0.2) is 11.0 Å². The molecule has 0 aliphatic carbocycles. The van der Waals surface area contributed by atoms with Gasteiger partial charge in [0, 0.05) is 12.2 Å². The van der Waals surface area contributed by atoms with Crippen molar-refractivity contribution < 1.29 is 4.74 Å². The van der Waals surface area contributed by atoms with E-state index in [1.54, 1.807) is 11.3 Å². The van der Waals surface area contributed by atoms with Crippen LogP contribution in [0.2, 0.25) is 0 Å². The second-order valence-electron chi connectivity index (χ2n) is 4.65. The van der Waals surface area contributed by atoms with Gasteiger partial charge in [-0.2, -0.15) is 0 Å². The minimum atomic E-state index is 0.222. The molecule has 0 saturated carbocycles. The molecule has 2 rings (SSSR count). The predicted molar refractivity (Wildman–Crippen MR) is 79.6 cm³/mol. The van der Waals surface area contributed by atoms with Crippen LogP contribution in [0.15, 0.2) is 30.5 Å². The first-order valence-corrected chi connectivity index (χ1v) is 7.37. The van der Waals surface area contributed by atoms with E-state index in [-0.39, 0.29) is 6.04 Å². The van der Waals surface area contributed by atoms with Gasteiger partial charge < -0.3 is 10.5 Å². The molecule has 0 saturated heterocycles. The Morgan fingerprint density at radius 3 is 2.95 bits per heavy atom. The number of hydrogen-bond acceptors (Lipinski definition) is 4. The zero-order valence-corrected chi connectivity index (χ0v) is 12.2. The van der Waals surface area contributed by atoms with Crippen molar-refractivity contribution in [3.63, 3.8) is 0 Å². The van der Waals surface area contributed by atoms with Crippen LogP contribution in [0.25, 0.3) is 0 Å². The molecule has 2 N–H and O–H groups in total. The Kier molecular flexibility index (Phi) is 4.93. The van der Waals surface area contributed by atoms with Crippen LogP contribution >= 0.6 is 11.3 Å². The summed E-state index contributed by atoms with van der Waals surface area (Å²) >= 11 is 1.67. The first-order chi connectivity index (χ1) is 9.17. The van der Waals surface area contributed by atoms with Crippen LogP contribution in [0.4, 0.5) is 0 Å². The number of nitrogens with zero attached hydrogens (tertiary/aromatic N) is 1. The van der Waals surface area contributed by atoms with Crippen molar-refractivity contribution in [1.29, 1.82) is 0 Å². The third-order valence-corrected chi connectivity index (χ3v) is 3.86. The lowest BCUT2D eigenvalue weighted by Gasteiger charge is -2.10. The van der Waals surface area contributed by atoms with Crippen LogP contribution in [-0.2, 0) is 13.0 Å². The number of aryl methyl sites for hydroxylation is 1. The molecular weight excluding hydrogens is 256 g/mol. The van der Waals surface area contributed by atoms with Crippen molar-refractivity contribution in [2.45, 2.75) is 39.3 Å². The van der Waals surface area contributed by atoms with E-state index in [9.17, 15) is 0 Å².